The first-order valence-corrected chi connectivity index (χ1v) is 8.79. The highest BCUT2D eigenvalue weighted by atomic mass is 35.5. The molecule has 3 aromatic carbocycles. The molecule has 0 amide bonds. The highest BCUT2D eigenvalue weighted by Crippen LogP contribution is 2.32. The Hall–Kier alpha value is -2.98. The van der Waals surface area contributed by atoms with E-state index in [0.717, 1.165) is 5.56 Å². The largest absolute Gasteiger partial charge is 0.232 e. The molecule has 0 aliphatic heterocycles. The average Bonchev–Trinajstić information content (AvgIpc) is 3.09. The van der Waals surface area contributed by atoms with Crippen molar-refractivity contribution in [1.29, 1.82) is 0 Å². The van der Waals surface area contributed by atoms with Crippen LogP contribution in [0.15, 0.2) is 72.8 Å². The van der Waals surface area contributed by atoms with Crippen LogP contribution in [0.3, 0.4) is 0 Å². The summed E-state index contributed by atoms with van der Waals surface area (Å²) in [4.78, 5) is 0. The van der Waals surface area contributed by atoms with Crippen molar-refractivity contribution in [2.75, 3.05) is 0 Å². The molecule has 0 bridgehead atoms. The van der Waals surface area contributed by atoms with E-state index in [4.69, 9.17) is 11.6 Å². The second kappa shape index (κ2) is 6.97. The Morgan fingerprint density at radius 2 is 1.44 bits per heavy atom. The molecule has 0 N–H and O–H groups in total. The zero-order valence-corrected chi connectivity index (χ0v) is 15.2. The number of nitrogens with zero attached hydrogens (tertiary/aromatic N) is 2. The molecule has 1 aromatic heterocycles. The SMILES string of the molecule is Cc1ccc(-n2nc(-c3ccccc3F)cc2-c2ccccc2F)cc1Cl. The van der Waals surface area contributed by atoms with Crippen molar-refractivity contribution < 1.29 is 8.78 Å². The van der Waals surface area contributed by atoms with Crippen LogP contribution in [-0.4, -0.2) is 9.78 Å². The molecule has 0 aliphatic carbocycles. The fourth-order valence-electron chi connectivity index (χ4n) is 2.95. The second-order valence-corrected chi connectivity index (χ2v) is 6.63. The predicted molar refractivity (Wildman–Crippen MR) is 104 cm³/mol. The van der Waals surface area contributed by atoms with Gasteiger partial charge in [-0.2, -0.15) is 5.10 Å². The van der Waals surface area contributed by atoms with Crippen molar-refractivity contribution in [2.45, 2.75) is 6.92 Å². The molecule has 0 saturated heterocycles. The normalized spacial score (nSPS) is 11.0. The number of hydrogen-bond acceptors (Lipinski definition) is 1. The molecular formula is C22H15ClF2N2. The van der Waals surface area contributed by atoms with E-state index in [2.05, 4.69) is 5.10 Å². The summed E-state index contributed by atoms with van der Waals surface area (Å²) in [6.45, 7) is 1.90. The van der Waals surface area contributed by atoms with Gasteiger partial charge in [0.15, 0.2) is 0 Å². The first kappa shape index (κ1) is 17.4. The molecule has 134 valence electrons. The summed E-state index contributed by atoms with van der Waals surface area (Å²) in [7, 11) is 0. The molecule has 1 heterocycles. The van der Waals surface area contributed by atoms with Gasteiger partial charge in [-0.25, -0.2) is 13.5 Å². The van der Waals surface area contributed by atoms with Crippen molar-refractivity contribution in [3.8, 4) is 28.2 Å². The van der Waals surface area contributed by atoms with Gasteiger partial charge in [-0.1, -0.05) is 41.9 Å². The molecule has 4 rings (SSSR count). The molecule has 0 atom stereocenters. The van der Waals surface area contributed by atoms with Crippen molar-refractivity contribution in [3.63, 3.8) is 0 Å². The van der Waals surface area contributed by atoms with E-state index in [1.807, 2.05) is 19.1 Å². The van der Waals surface area contributed by atoms with Gasteiger partial charge >= 0.3 is 0 Å². The van der Waals surface area contributed by atoms with Gasteiger partial charge in [0, 0.05) is 16.1 Å². The number of benzene rings is 3. The van der Waals surface area contributed by atoms with E-state index < -0.39 is 0 Å². The zero-order valence-electron chi connectivity index (χ0n) is 14.5. The Bertz CT molecular complexity index is 1130. The summed E-state index contributed by atoms with van der Waals surface area (Å²) in [6.07, 6.45) is 0. The molecule has 0 spiro atoms. The summed E-state index contributed by atoms with van der Waals surface area (Å²) in [5, 5.41) is 5.13. The standard InChI is InChI=1S/C22H15ClF2N2/c1-14-10-11-15(12-18(14)23)27-22(17-7-3-5-9-20(17)25)13-21(26-27)16-6-2-4-8-19(16)24/h2-13H,1H3. The Kier molecular flexibility index (Phi) is 4.50. The summed E-state index contributed by atoms with van der Waals surface area (Å²) in [5.41, 5.74) is 3.27. The van der Waals surface area contributed by atoms with Crippen LogP contribution >= 0.6 is 11.6 Å². The van der Waals surface area contributed by atoms with E-state index in [0.29, 0.717) is 33.2 Å². The molecule has 5 heteroatoms. The summed E-state index contributed by atoms with van der Waals surface area (Å²) in [6, 6.07) is 20.0. The van der Waals surface area contributed by atoms with Crippen molar-refractivity contribution in [1.82, 2.24) is 9.78 Å². The Morgan fingerprint density at radius 1 is 0.815 bits per heavy atom. The number of halogens is 3. The lowest BCUT2D eigenvalue weighted by Gasteiger charge is -2.09. The van der Waals surface area contributed by atoms with Crippen LogP contribution in [-0.2, 0) is 0 Å². The van der Waals surface area contributed by atoms with Gasteiger partial charge in [-0.05, 0) is 55.0 Å². The third-order valence-corrected chi connectivity index (χ3v) is 4.82. The van der Waals surface area contributed by atoms with E-state index in [1.54, 1.807) is 53.2 Å². The monoisotopic (exact) mass is 380 g/mol. The van der Waals surface area contributed by atoms with E-state index >= 15 is 0 Å². The topological polar surface area (TPSA) is 17.8 Å². The van der Waals surface area contributed by atoms with Crippen LogP contribution in [0.4, 0.5) is 8.78 Å². The number of hydrogen-bond donors (Lipinski definition) is 0. The highest BCUT2D eigenvalue weighted by Gasteiger charge is 2.17. The minimum absolute atomic E-state index is 0.354. The van der Waals surface area contributed by atoms with Crippen molar-refractivity contribution in [3.05, 3.63) is 95.0 Å². The minimum atomic E-state index is -0.385. The van der Waals surface area contributed by atoms with Crippen LogP contribution in [0.25, 0.3) is 28.2 Å². The second-order valence-electron chi connectivity index (χ2n) is 6.22. The van der Waals surface area contributed by atoms with Gasteiger partial charge in [0.05, 0.1) is 17.1 Å². The van der Waals surface area contributed by atoms with Crippen LogP contribution in [0.5, 0.6) is 0 Å². The highest BCUT2D eigenvalue weighted by molar-refractivity contribution is 6.31. The summed E-state index contributed by atoms with van der Waals surface area (Å²) < 4.78 is 30.3. The maximum absolute atomic E-state index is 14.5. The molecule has 2 nitrogen and oxygen atoms in total. The lowest BCUT2D eigenvalue weighted by molar-refractivity contribution is 0.629. The molecule has 0 unspecified atom stereocenters. The third-order valence-electron chi connectivity index (χ3n) is 4.41. The lowest BCUT2D eigenvalue weighted by atomic mass is 10.1. The Balaban J connectivity index is 1.97. The first-order valence-electron chi connectivity index (χ1n) is 8.41. The van der Waals surface area contributed by atoms with Crippen LogP contribution in [0.2, 0.25) is 5.02 Å². The van der Waals surface area contributed by atoms with E-state index in [-0.39, 0.29) is 11.6 Å². The van der Waals surface area contributed by atoms with Gasteiger partial charge in [0.25, 0.3) is 0 Å². The van der Waals surface area contributed by atoms with Crippen LogP contribution in [0, 0.1) is 18.6 Å². The van der Waals surface area contributed by atoms with Crippen molar-refractivity contribution >= 4 is 11.6 Å². The molecule has 0 aliphatic rings. The lowest BCUT2D eigenvalue weighted by Crippen LogP contribution is -2.01. The zero-order chi connectivity index (χ0) is 19.0. The molecule has 0 fully saturated rings. The predicted octanol–water partition coefficient (Wildman–Crippen LogP) is 6.45. The molecular weight excluding hydrogens is 366 g/mol. The average molecular weight is 381 g/mol. The van der Waals surface area contributed by atoms with Gasteiger partial charge < -0.3 is 0 Å². The fraction of sp³-hybridized carbons (Fsp3) is 0.0455. The number of aryl methyl sites for hydroxylation is 1. The fourth-order valence-corrected chi connectivity index (χ4v) is 3.13. The smallest absolute Gasteiger partial charge is 0.132 e. The van der Waals surface area contributed by atoms with Gasteiger partial charge in [0.1, 0.15) is 11.6 Å². The number of aromatic nitrogens is 2. The quantitative estimate of drug-likeness (QED) is 0.399. The minimum Gasteiger partial charge on any atom is -0.232 e. The summed E-state index contributed by atoms with van der Waals surface area (Å²) in [5.74, 6) is -0.763. The third kappa shape index (κ3) is 3.24. The first-order chi connectivity index (χ1) is 13.0. The molecule has 4 aromatic rings. The van der Waals surface area contributed by atoms with Gasteiger partial charge in [-0.3, -0.25) is 0 Å². The van der Waals surface area contributed by atoms with E-state index in [9.17, 15) is 8.78 Å². The maximum atomic E-state index is 14.5. The summed E-state index contributed by atoms with van der Waals surface area (Å²) >= 11 is 6.27. The van der Waals surface area contributed by atoms with Gasteiger partial charge in [0.2, 0.25) is 0 Å². The number of rotatable bonds is 3. The molecule has 27 heavy (non-hydrogen) atoms. The van der Waals surface area contributed by atoms with Gasteiger partial charge in [-0.15, -0.1) is 0 Å². The Labute approximate surface area is 160 Å². The molecule has 0 saturated carbocycles. The Morgan fingerprint density at radius 3 is 2.07 bits per heavy atom. The molecule has 0 radical (unpaired) electrons. The van der Waals surface area contributed by atoms with Crippen molar-refractivity contribution in [2.24, 2.45) is 0 Å². The van der Waals surface area contributed by atoms with Crippen LogP contribution in [0.1, 0.15) is 5.56 Å². The maximum Gasteiger partial charge on any atom is 0.132 e. The van der Waals surface area contributed by atoms with Crippen LogP contribution < -0.4 is 0 Å². The van der Waals surface area contributed by atoms with E-state index in [1.165, 1.54) is 12.1 Å².